The normalized spacial score (nSPS) is 12.4. The Morgan fingerprint density at radius 1 is 1.03 bits per heavy atom. The summed E-state index contributed by atoms with van der Waals surface area (Å²) in [6.45, 7) is 6.27. The number of ether oxygens (including phenoxy) is 1. The number of hydrogen-bond donors (Lipinski definition) is 1. The summed E-state index contributed by atoms with van der Waals surface area (Å²) in [7, 11) is -2.16. The van der Waals surface area contributed by atoms with Gasteiger partial charge in [0, 0.05) is 30.8 Å². The van der Waals surface area contributed by atoms with Crippen LogP contribution in [0.1, 0.15) is 47.3 Å². The second-order valence-electron chi connectivity index (χ2n) is 8.73. The van der Waals surface area contributed by atoms with Gasteiger partial charge in [-0.2, -0.15) is 4.31 Å². The molecule has 1 unspecified atom stereocenters. The van der Waals surface area contributed by atoms with Gasteiger partial charge in [-0.25, -0.2) is 8.42 Å². The van der Waals surface area contributed by atoms with E-state index in [0.29, 0.717) is 23.5 Å². The third-order valence-corrected chi connectivity index (χ3v) is 7.65. The Morgan fingerprint density at radius 2 is 1.71 bits per heavy atom. The lowest BCUT2D eigenvalue weighted by Gasteiger charge is -2.20. The first-order valence-electron chi connectivity index (χ1n) is 11.8. The second kappa shape index (κ2) is 12.0. The largest absolute Gasteiger partial charge is 0.494 e. The molecule has 0 aliphatic carbocycles. The average molecular weight is 495 g/mol. The van der Waals surface area contributed by atoms with Crippen LogP contribution >= 0.6 is 0 Å². The van der Waals surface area contributed by atoms with Crippen molar-refractivity contribution in [3.8, 4) is 5.75 Å². The third kappa shape index (κ3) is 7.16. The van der Waals surface area contributed by atoms with Crippen LogP contribution in [0.3, 0.4) is 0 Å². The Balaban J connectivity index is 1.73. The van der Waals surface area contributed by atoms with Crippen LogP contribution in [0, 0.1) is 6.92 Å². The van der Waals surface area contributed by atoms with Gasteiger partial charge in [0.05, 0.1) is 11.5 Å². The summed E-state index contributed by atoms with van der Waals surface area (Å²) >= 11 is 0. The first-order chi connectivity index (χ1) is 16.7. The SMILES string of the molecule is CCOc1ccc(C(=O)NC(C)CCc2ccccc2)cc1CN(C)S(=O)(=O)c1ccc(C)cc1. The Hall–Kier alpha value is -3.16. The molecule has 0 fully saturated rings. The van der Waals surface area contributed by atoms with Crippen molar-refractivity contribution in [1.82, 2.24) is 9.62 Å². The minimum Gasteiger partial charge on any atom is -0.494 e. The lowest BCUT2D eigenvalue weighted by molar-refractivity contribution is 0.0938. The molecule has 0 radical (unpaired) electrons. The molecule has 6 nitrogen and oxygen atoms in total. The fourth-order valence-corrected chi connectivity index (χ4v) is 4.91. The number of nitrogens with one attached hydrogen (secondary N) is 1. The zero-order chi connectivity index (χ0) is 25.4. The topological polar surface area (TPSA) is 75.7 Å². The van der Waals surface area contributed by atoms with Gasteiger partial charge in [0.2, 0.25) is 10.0 Å². The van der Waals surface area contributed by atoms with Crippen LogP contribution in [-0.4, -0.2) is 38.3 Å². The molecule has 3 rings (SSSR count). The Labute approximate surface area is 209 Å². The summed E-state index contributed by atoms with van der Waals surface area (Å²) in [6.07, 6.45) is 1.69. The monoisotopic (exact) mass is 494 g/mol. The Kier molecular flexibility index (Phi) is 9.07. The van der Waals surface area contributed by atoms with Crippen LogP contribution < -0.4 is 10.1 Å². The molecule has 0 saturated carbocycles. The van der Waals surface area contributed by atoms with E-state index < -0.39 is 10.0 Å². The van der Waals surface area contributed by atoms with Crippen LogP contribution in [-0.2, 0) is 23.0 Å². The molecule has 7 heteroatoms. The Bertz CT molecular complexity index is 1230. The standard InChI is InChI=1S/C28H34N2O4S/c1-5-34-27-18-15-24(28(31)29-22(3)13-14-23-9-7-6-8-10-23)19-25(27)20-30(4)35(32,33)26-16-11-21(2)12-17-26/h6-12,15-19,22H,5,13-14,20H2,1-4H3,(H,29,31). The molecule has 0 bridgehead atoms. The van der Waals surface area contributed by atoms with Crippen molar-refractivity contribution < 1.29 is 17.9 Å². The number of carbonyl (C=O) groups is 1. The summed E-state index contributed by atoms with van der Waals surface area (Å²) in [5.41, 5.74) is 3.32. The molecule has 0 aliphatic rings. The molecule has 35 heavy (non-hydrogen) atoms. The minimum absolute atomic E-state index is 0.0117. The number of hydrogen-bond acceptors (Lipinski definition) is 4. The molecule has 0 aliphatic heterocycles. The summed E-state index contributed by atoms with van der Waals surface area (Å²) in [5.74, 6) is 0.367. The minimum atomic E-state index is -3.69. The van der Waals surface area contributed by atoms with Crippen LogP contribution in [0.25, 0.3) is 0 Å². The van der Waals surface area contributed by atoms with Crippen molar-refractivity contribution in [2.24, 2.45) is 0 Å². The van der Waals surface area contributed by atoms with Crippen molar-refractivity contribution in [2.45, 2.75) is 51.1 Å². The average Bonchev–Trinajstić information content (AvgIpc) is 2.84. The lowest BCUT2D eigenvalue weighted by atomic mass is 10.1. The molecule has 0 heterocycles. The molecule has 1 amide bonds. The first-order valence-corrected chi connectivity index (χ1v) is 13.3. The van der Waals surface area contributed by atoms with Gasteiger partial charge in [0.25, 0.3) is 5.91 Å². The second-order valence-corrected chi connectivity index (χ2v) is 10.8. The van der Waals surface area contributed by atoms with Gasteiger partial charge in [-0.15, -0.1) is 0 Å². The van der Waals surface area contributed by atoms with E-state index in [0.717, 1.165) is 18.4 Å². The molecule has 3 aromatic carbocycles. The summed E-state index contributed by atoms with van der Waals surface area (Å²) in [6, 6.07) is 22.1. The highest BCUT2D eigenvalue weighted by Crippen LogP contribution is 2.25. The maximum atomic E-state index is 13.1. The molecule has 1 atom stereocenters. The van der Waals surface area contributed by atoms with Crippen LogP contribution in [0.2, 0.25) is 0 Å². The number of aryl methyl sites for hydroxylation is 2. The zero-order valence-corrected chi connectivity index (χ0v) is 21.6. The highest BCUT2D eigenvalue weighted by atomic mass is 32.2. The molecule has 0 spiro atoms. The number of benzene rings is 3. The van der Waals surface area contributed by atoms with E-state index >= 15 is 0 Å². The molecule has 186 valence electrons. The zero-order valence-electron chi connectivity index (χ0n) is 20.8. The van der Waals surface area contributed by atoms with E-state index in [4.69, 9.17) is 4.74 Å². The highest BCUT2D eigenvalue weighted by molar-refractivity contribution is 7.89. The fraction of sp³-hybridized carbons (Fsp3) is 0.321. The van der Waals surface area contributed by atoms with Gasteiger partial charge in [-0.3, -0.25) is 4.79 Å². The molecule has 1 N–H and O–H groups in total. The predicted molar refractivity (Wildman–Crippen MR) is 139 cm³/mol. The number of nitrogens with zero attached hydrogens (tertiary/aromatic N) is 1. The van der Waals surface area contributed by atoms with Crippen molar-refractivity contribution >= 4 is 15.9 Å². The third-order valence-electron chi connectivity index (χ3n) is 5.83. The molecule has 3 aromatic rings. The van der Waals surface area contributed by atoms with Gasteiger partial charge in [0.15, 0.2) is 0 Å². The van der Waals surface area contributed by atoms with Gasteiger partial charge in [-0.05, 0) is 69.5 Å². The summed E-state index contributed by atoms with van der Waals surface area (Å²) < 4.78 is 33.2. The maximum Gasteiger partial charge on any atom is 0.251 e. The van der Waals surface area contributed by atoms with E-state index in [-0.39, 0.29) is 23.4 Å². The van der Waals surface area contributed by atoms with Crippen LogP contribution in [0.4, 0.5) is 0 Å². The fourth-order valence-electron chi connectivity index (χ4n) is 3.76. The smallest absolute Gasteiger partial charge is 0.251 e. The molecule has 0 aromatic heterocycles. The number of rotatable bonds is 11. The number of sulfonamides is 1. The van der Waals surface area contributed by atoms with Crippen molar-refractivity contribution in [3.05, 3.63) is 95.1 Å². The molecule has 0 saturated heterocycles. The van der Waals surface area contributed by atoms with E-state index in [1.807, 2.05) is 39.0 Å². The number of amides is 1. The molecular formula is C28H34N2O4S. The first kappa shape index (κ1) is 26.4. The quantitative estimate of drug-likeness (QED) is 0.409. The maximum absolute atomic E-state index is 13.1. The number of carbonyl (C=O) groups excluding carboxylic acids is 1. The summed E-state index contributed by atoms with van der Waals surface area (Å²) in [5, 5.41) is 3.05. The predicted octanol–water partition coefficient (Wildman–Crippen LogP) is 4.97. The van der Waals surface area contributed by atoms with Crippen LogP contribution in [0.5, 0.6) is 5.75 Å². The van der Waals surface area contributed by atoms with E-state index in [1.165, 1.54) is 16.9 Å². The van der Waals surface area contributed by atoms with Crippen molar-refractivity contribution in [2.75, 3.05) is 13.7 Å². The Morgan fingerprint density at radius 3 is 2.37 bits per heavy atom. The van der Waals surface area contributed by atoms with Crippen LogP contribution in [0.15, 0.2) is 77.7 Å². The lowest BCUT2D eigenvalue weighted by Crippen LogP contribution is -2.33. The van der Waals surface area contributed by atoms with E-state index in [2.05, 4.69) is 17.4 Å². The van der Waals surface area contributed by atoms with Gasteiger partial charge in [-0.1, -0.05) is 48.0 Å². The van der Waals surface area contributed by atoms with E-state index in [1.54, 1.807) is 42.5 Å². The summed E-state index contributed by atoms with van der Waals surface area (Å²) in [4.78, 5) is 13.2. The molecular weight excluding hydrogens is 460 g/mol. The van der Waals surface area contributed by atoms with Crippen molar-refractivity contribution in [3.63, 3.8) is 0 Å². The van der Waals surface area contributed by atoms with Crippen molar-refractivity contribution in [1.29, 1.82) is 0 Å². The highest BCUT2D eigenvalue weighted by Gasteiger charge is 2.23. The van der Waals surface area contributed by atoms with Gasteiger partial charge < -0.3 is 10.1 Å². The van der Waals surface area contributed by atoms with E-state index in [9.17, 15) is 13.2 Å². The van der Waals surface area contributed by atoms with Gasteiger partial charge >= 0.3 is 0 Å². The van der Waals surface area contributed by atoms with Gasteiger partial charge in [0.1, 0.15) is 5.75 Å².